The van der Waals surface area contributed by atoms with Crippen LogP contribution < -0.4 is 4.74 Å². The molecule has 0 atom stereocenters. The molecule has 0 N–H and O–H groups in total. The Morgan fingerprint density at radius 2 is 1.67 bits per heavy atom. The molecule has 1 aliphatic carbocycles. The summed E-state index contributed by atoms with van der Waals surface area (Å²) in [6, 6.07) is 10.1. The normalized spacial score (nSPS) is 19.7. The number of rotatable bonds is 7. The van der Waals surface area contributed by atoms with Crippen molar-refractivity contribution in [3.05, 3.63) is 66.3 Å². The van der Waals surface area contributed by atoms with Gasteiger partial charge in [0.2, 0.25) is 0 Å². The number of halogens is 2. The summed E-state index contributed by atoms with van der Waals surface area (Å²) in [5, 5.41) is 0. The molecule has 27 heavy (non-hydrogen) atoms. The van der Waals surface area contributed by atoms with Gasteiger partial charge in [-0.25, -0.2) is 8.78 Å². The summed E-state index contributed by atoms with van der Waals surface area (Å²) >= 11 is 0. The van der Waals surface area contributed by atoms with E-state index in [4.69, 9.17) is 4.74 Å². The molecule has 1 aliphatic rings. The number of hydrogen-bond donors (Lipinski definition) is 0. The Bertz CT molecular complexity index is 776. The lowest BCUT2D eigenvalue weighted by molar-refractivity contribution is 0.308. The van der Waals surface area contributed by atoms with Crippen molar-refractivity contribution in [2.45, 2.75) is 51.4 Å². The van der Waals surface area contributed by atoms with Crippen LogP contribution in [0.2, 0.25) is 0 Å². The zero-order valence-electron chi connectivity index (χ0n) is 16.0. The average Bonchev–Trinajstić information content (AvgIpc) is 2.68. The van der Waals surface area contributed by atoms with Crippen LogP contribution in [0.1, 0.15) is 56.9 Å². The minimum absolute atomic E-state index is 0.184. The van der Waals surface area contributed by atoms with Gasteiger partial charge in [0.1, 0.15) is 5.82 Å². The predicted octanol–water partition coefficient (Wildman–Crippen LogP) is 7.27. The zero-order valence-corrected chi connectivity index (χ0v) is 16.0. The van der Waals surface area contributed by atoms with E-state index in [-0.39, 0.29) is 17.5 Å². The molecule has 2 aromatic rings. The van der Waals surface area contributed by atoms with Gasteiger partial charge in [0.05, 0.1) is 6.61 Å². The average molecular weight is 370 g/mol. The number of ether oxygens (including phenoxy) is 1. The first-order valence-electron chi connectivity index (χ1n) is 9.95. The molecule has 144 valence electrons. The monoisotopic (exact) mass is 370 g/mol. The molecule has 3 rings (SSSR count). The van der Waals surface area contributed by atoms with Crippen LogP contribution in [0.4, 0.5) is 8.78 Å². The maximum Gasteiger partial charge on any atom is 0.165 e. The molecular formula is C24H28F2O. The van der Waals surface area contributed by atoms with E-state index in [1.54, 1.807) is 12.1 Å². The molecule has 3 heteroatoms. The highest BCUT2D eigenvalue weighted by Gasteiger charge is 2.24. The lowest BCUT2D eigenvalue weighted by Gasteiger charge is -2.29. The second kappa shape index (κ2) is 9.16. The Labute approximate surface area is 161 Å². The van der Waals surface area contributed by atoms with Crippen molar-refractivity contribution in [1.29, 1.82) is 0 Å². The molecular weight excluding hydrogens is 342 g/mol. The lowest BCUT2D eigenvalue weighted by atomic mass is 9.77. The fourth-order valence-corrected chi connectivity index (χ4v) is 4.11. The van der Waals surface area contributed by atoms with E-state index in [0.717, 1.165) is 43.6 Å². The minimum atomic E-state index is -0.420. The van der Waals surface area contributed by atoms with Gasteiger partial charge in [-0.2, -0.15) is 0 Å². The summed E-state index contributed by atoms with van der Waals surface area (Å²) in [6.45, 7) is 6.02. The van der Waals surface area contributed by atoms with Crippen LogP contribution in [0, 0.1) is 17.6 Å². The van der Waals surface area contributed by atoms with Gasteiger partial charge < -0.3 is 4.74 Å². The number of allylic oxidation sites excluding steroid dienone is 1. The van der Waals surface area contributed by atoms with Crippen LogP contribution in [0.25, 0.3) is 11.1 Å². The molecule has 0 heterocycles. The van der Waals surface area contributed by atoms with E-state index < -0.39 is 5.82 Å². The molecule has 0 bridgehead atoms. The van der Waals surface area contributed by atoms with Crippen molar-refractivity contribution in [2.75, 3.05) is 6.61 Å². The summed E-state index contributed by atoms with van der Waals surface area (Å²) in [4.78, 5) is 0. The molecule has 0 saturated heterocycles. The predicted molar refractivity (Wildman–Crippen MR) is 107 cm³/mol. The Balaban J connectivity index is 1.71. The quantitative estimate of drug-likeness (QED) is 0.466. The van der Waals surface area contributed by atoms with Gasteiger partial charge in [-0.15, -0.1) is 6.58 Å². The van der Waals surface area contributed by atoms with Crippen molar-refractivity contribution in [2.24, 2.45) is 5.92 Å². The van der Waals surface area contributed by atoms with Gasteiger partial charge in [0, 0.05) is 0 Å². The maximum atomic E-state index is 14.8. The number of benzene rings is 2. The standard InChI is InChI=1S/C24H28F2O/c1-3-5-6-17-7-9-18(10-8-17)21-13-11-19(15-22(21)25)20-12-14-24(27-4-2)23(26)16-20/h3,11-18H,1,4-10H2,2H3. The first-order valence-corrected chi connectivity index (χ1v) is 9.95. The van der Waals surface area contributed by atoms with Crippen molar-refractivity contribution >= 4 is 0 Å². The second-order valence-electron chi connectivity index (χ2n) is 7.40. The van der Waals surface area contributed by atoms with Crippen molar-refractivity contribution in [3.8, 4) is 16.9 Å². The number of hydrogen-bond acceptors (Lipinski definition) is 1. The first kappa shape index (κ1) is 19.6. The highest BCUT2D eigenvalue weighted by Crippen LogP contribution is 2.39. The van der Waals surface area contributed by atoms with Crippen LogP contribution >= 0.6 is 0 Å². The molecule has 1 nitrogen and oxygen atoms in total. The minimum Gasteiger partial charge on any atom is -0.491 e. The Kier molecular flexibility index (Phi) is 6.65. The SMILES string of the molecule is C=CCCC1CCC(c2ccc(-c3ccc(OCC)c(F)c3)cc2F)CC1. The fraction of sp³-hybridized carbons (Fsp3) is 0.417. The van der Waals surface area contributed by atoms with Crippen molar-refractivity contribution in [1.82, 2.24) is 0 Å². The van der Waals surface area contributed by atoms with E-state index in [2.05, 4.69) is 6.58 Å². The van der Waals surface area contributed by atoms with E-state index in [1.165, 1.54) is 18.6 Å². The van der Waals surface area contributed by atoms with Crippen LogP contribution in [-0.4, -0.2) is 6.61 Å². The van der Waals surface area contributed by atoms with Gasteiger partial charge >= 0.3 is 0 Å². The fourth-order valence-electron chi connectivity index (χ4n) is 4.11. The van der Waals surface area contributed by atoms with Crippen LogP contribution in [0.15, 0.2) is 49.1 Å². The molecule has 0 aliphatic heterocycles. The molecule has 1 saturated carbocycles. The van der Waals surface area contributed by atoms with Gasteiger partial charge in [0.15, 0.2) is 11.6 Å². The third kappa shape index (κ3) is 4.77. The van der Waals surface area contributed by atoms with Crippen molar-refractivity contribution in [3.63, 3.8) is 0 Å². The third-order valence-electron chi connectivity index (χ3n) is 5.63. The van der Waals surface area contributed by atoms with Crippen molar-refractivity contribution < 1.29 is 13.5 Å². The van der Waals surface area contributed by atoms with Gasteiger partial charge in [-0.3, -0.25) is 0 Å². The molecule has 0 spiro atoms. The summed E-state index contributed by atoms with van der Waals surface area (Å²) in [5.41, 5.74) is 2.15. The smallest absolute Gasteiger partial charge is 0.165 e. The Hall–Kier alpha value is -2.16. The van der Waals surface area contributed by atoms with Crippen LogP contribution in [-0.2, 0) is 0 Å². The topological polar surface area (TPSA) is 9.23 Å². The van der Waals surface area contributed by atoms with Gasteiger partial charge in [0.25, 0.3) is 0 Å². The van der Waals surface area contributed by atoms with E-state index >= 15 is 0 Å². The molecule has 1 fully saturated rings. The zero-order chi connectivity index (χ0) is 19.2. The highest BCUT2D eigenvalue weighted by molar-refractivity contribution is 5.65. The van der Waals surface area contributed by atoms with E-state index in [9.17, 15) is 8.78 Å². The summed E-state index contributed by atoms with van der Waals surface area (Å²) in [5.74, 6) is 0.657. The Morgan fingerprint density at radius 3 is 2.26 bits per heavy atom. The molecule has 0 unspecified atom stereocenters. The van der Waals surface area contributed by atoms with E-state index in [1.807, 2.05) is 25.1 Å². The summed E-state index contributed by atoms with van der Waals surface area (Å²) < 4.78 is 34.1. The molecule has 0 radical (unpaired) electrons. The summed E-state index contributed by atoms with van der Waals surface area (Å²) in [6.07, 6.45) is 8.63. The van der Waals surface area contributed by atoms with E-state index in [0.29, 0.717) is 17.7 Å². The van der Waals surface area contributed by atoms with Gasteiger partial charge in [-0.1, -0.05) is 24.3 Å². The second-order valence-corrected chi connectivity index (χ2v) is 7.40. The molecule has 0 amide bonds. The highest BCUT2D eigenvalue weighted by atomic mass is 19.1. The largest absolute Gasteiger partial charge is 0.491 e. The first-order chi connectivity index (χ1) is 13.1. The summed E-state index contributed by atoms with van der Waals surface area (Å²) in [7, 11) is 0. The van der Waals surface area contributed by atoms with Crippen LogP contribution in [0.5, 0.6) is 5.75 Å². The molecule has 2 aromatic carbocycles. The van der Waals surface area contributed by atoms with Gasteiger partial charge in [-0.05, 0) is 92.2 Å². The maximum absolute atomic E-state index is 14.8. The Morgan fingerprint density at radius 1 is 1.00 bits per heavy atom. The third-order valence-corrected chi connectivity index (χ3v) is 5.63. The van der Waals surface area contributed by atoms with Crippen LogP contribution in [0.3, 0.4) is 0 Å². The lowest BCUT2D eigenvalue weighted by Crippen LogP contribution is -2.14. The molecule has 0 aromatic heterocycles.